The first kappa shape index (κ1) is 21.9. The number of nitrogens with one attached hydrogen (secondary N) is 2. The summed E-state index contributed by atoms with van der Waals surface area (Å²) in [4.78, 5) is 4.54. The molecule has 3 N–H and O–H groups in total. The SMILES string of the molecule is CCNC(=NCc1ccc(C#N)cc1)NCC(C)(O)c1ccccc1.I. The third kappa shape index (κ3) is 6.65. The molecule has 0 spiro atoms. The monoisotopic (exact) mass is 464 g/mol. The smallest absolute Gasteiger partial charge is 0.191 e. The highest BCUT2D eigenvalue weighted by Crippen LogP contribution is 2.18. The van der Waals surface area contributed by atoms with E-state index in [1.165, 1.54) is 0 Å². The molecule has 0 fully saturated rings. The largest absolute Gasteiger partial charge is 0.384 e. The number of nitriles is 1. The predicted molar refractivity (Wildman–Crippen MR) is 115 cm³/mol. The average Bonchev–Trinajstić information content (AvgIpc) is 2.65. The van der Waals surface area contributed by atoms with E-state index in [1.54, 1.807) is 19.1 Å². The highest BCUT2D eigenvalue weighted by atomic mass is 127. The lowest BCUT2D eigenvalue weighted by Crippen LogP contribution is -2.44. The Hall–Kier alpha value is -2.11. The number of nitrogens with zero attached hydrogens (tertiary/aromatic N) is 2. The summed E-state index contributed by atoms with van der Waals surface area (Å²) in [5.41, 5.74) is 1.51. The fourth-order valence-electron chi connectivity index (χ4n) is 2.35. The number of hydrogen-bond acceptors (Lipinski definition) is 3. The molecule has 26 heavy (non-hydrogen) atoms. The van der Waals surface area contributed by atoms with Gasteiger partial charge in [0.1, 0.15) is 5.60 Å². The second-order valence-electron chi connectivity index (χ2n) is 6.00. The van der Waals surface area contributed by atoms with Crippen LogP contribution in [-0.4, -0.2) is 24.2 Å². The molecule has 0 radical (unpaired) electrons. The molecule has 1 unspecified atom stereocenters. The Bertz CT molecular complexity index is 737. The van der Waals surface area contributed by atoms with Crippen LogP contribution >= 0.6 is 24.0 Å². The Morgan fingerprint density at radius 1 is 1.12 bits per heavy atom. The van der Waals surface area contributed by atoms with E-state index >= 15 is 0 Å². The van der Waals surface area contributed by atoms with Crippen molar-refractivity contribution < 1.29 is 5.11 Å². The molecule has 1 atom stereocenters. The van der Waals surface area contributed by atoms with Gasteiger partial charge in [0.05, 0.1) is 24.7 Å². The van der Waals surface area contributed by atoms with Gasteiger partial charge in [0, 0.05) is 6.54 Å². The number of hydrogen-bond donors (Lipinski definition) is 3. The molecule has 0 saturated heterocycles. The van der Waals surface area contributed by atoms with Crippen molar-refractivity contribution in [1.82, 2.24) is 10.6 Å². The van der Waals surface area contributed by atoms with Crippen LogP contribution in [0.5, 0.6) is 0 Å². The van der Waals surface area contributed by atoms with Crippen molar-refractivity contribution in [3.05, 3.63) is 71.3 Å². The first-order chi connectivity index (χ1) is 12.0. The Morgan fingerprint density at radius 3 is 2.35 bits per heavy atom. The standard InChI is InChI=1S/C20H24N4O.HI/c1-3-22-19(23-14-17-11-9-16(13-21)10-12-17)24-15-20(2,25)18-7-5-4-6-8-18;/h4-12,25H,3,14-15H2,1-2H3,(H2,22,23,24);1H. The van der Waals surface area contributed by atoms with E-state index in [0.717, 1.165) is 17.7 Å². The zero-order chi connectivity index (χ0) is 18.1. The minimum atomic E-state index is -0.994. The zero-order valence-electron chi connectivity index (χ0n) is 15.1. The Balaban J connectivity index is 0.00000338. The molecule has 0 bridgehead atoms. The second-order valence-corrected chi connectivity index (χ2v) is 6.00. The number of guanidine groups is 1. The maximum atomic E-state index is 10.7. The van der Waals surface area contributed by atoms with Crippen molar-refractivity contribution in [2.75, 3.05) is 13.1 Å². The Kier molecular flexibility index (Phi) is 9.10. The lowest BCUT2D eigenvalue weighted by molar-refractivity contribution is 0.0617. The van der Waals surface area contributed by atoms with E-state index in [1.807, 2.05) is 49.4 Å². The number of aliphatic imine (C=N–C) groups is 1. The number of benzene rings is 2. The molecular formula is C20H25IN4O. The first-order valence-corrected chi connectivity index (χ1v) is 8.34. The molecule has 5 nitrogen and oxygen atoms in total. The van der Waals surface area contributed by atoms with E-state index in [0.29, 0.717) is 24.6 Å². The van der Waals surface area contributed by atoms with Crippen LogP contribution in [0.1, 0.15) is 30.5 Å². The van der Waals surface area contributed by atoms with E-state index in [2.05, 4.69) is 21.7 Å². The second kappa shape index (κ2) is 10.8. The van der Waals surface area contributed by atoms with Crippen LogP contribution < -0.4 is 10.6 Å². The topological polar surface area (TPSA) is 80.4 Å². The molecule has 0 aliphatic carbocycles. The third-order valence-corrected chi connectivity index (χ3v) is 3.84. The van der Waals surface area contributed by atoms with Crippen LogP contribution in [0.15, 0.2) is 59.6 Å². The van der Waals surface area contributed by atoms with Crippen LogP contribution in [0.3, 0.4) is 0 Å². The summed E-state index contributed by atoms with van der Waals surface area (Å²) < 4.78 is 0. The van der Waals surface area contributed by atoms with Gasteiger partial charge in [0.15, 0.2) is 5.96 Å². The predicted octanol–water partition coefficient (Wildman–Crippen LogP) is 3.14. The van der Waals surface area contributed by atoms with Crippen LogP contribution in [0.4, 0.5) is 0 Å². The molecule has 2 rings (SSSR count). The van der Waals surface area contributed by atoms with Gasteiger partial charge in [-0.15, -0.1) is 24.0 Å². The number of rotatable bonds is 6. The van der Waals surface area contributed by atoms with Gasteiger partial charge < -0.3 is 15.7 Å². The Labute approximate surface area is 172 Å². The first-order valence-electron chi connectivity index (χ1n) is 8.34. The van der Waals surface area contributed by atoms with Crippen molar-refractivity contribution >= 4 is 29.9 Å². The minimum absolute atomic E-state index is 0. The molecule has 2 aromatic carbocycles. The lowest BCUT2D eigenvalue weighted by atomic mass is 9.96. The van der Waals surface area contributed by atoms with E-state index in [-0.39, 0.29) is 24.0 Å². The molecule has 0 amide bonds. The van der Waals surface area contributed by atoms with Crippen molar-refractivity contribution in [2.45, 2.75) is 26.0 Å². The minimum Gasteiger partial charge on any atom is -0.384 e. The molecule has 0 aliphatic rings. The van der Waals surface area contributed by atoms with Gasteiger partial charge in [-0.3, -0.25) is 0 Å². The number of aliphatic hydroxyl groups is 1. The maximum absolute atomic E-state index is 10.7. The van der Waals surface area contributed by atoms with Gasteiger partial charge >= 0.3 is 0 Å². The van der Waals surface area contributed by atoms with Gasteiger partial charge in [0.2, 0.25) is 0 Å². The summed E-state index contributed by atoms with van der Waals surface area (Å²) >= 11 is 0. The van der Waals surface area contributed by atoms with Gasteiger partial charge in [-0.25, -0.2) is 4.99 Å². The molecular weight excluding hydrogens is 439 g/mol. The molecule has 2 aromatic rings. The molecule has 6 heteroatoms. The summed E-state index contributed by atoms with van der Waals surface area (Å²) in [6.45, 7) is 5.34. The van der Waals surface area contributed by atoms with E-state index in [9.17, 15) is 5.11 Å². The van der Waals surface area contributed by atoms with Gasteiger partial charge in [-0.1, -0.05) is 42.5 Å². The van der Waals surface area contributed by atoms with Crippen molar-refractivity contribution in [1.29, 1.82) is 5.26 Å². The molecule has 0 aromatic heterocycles. The van der Waals surface area contributed by atoms with Crippen molar-refractivity contribution in [3.63, 3.8) is 0 Å². The van der Waals surface area contributed by atoms with Crippen LogP contribution in [0.25, 0.3) is 0 Å². The average molecular weight is 464 g/mol. The normalized spacial score (nSPS) is 13.1. The van der Waals surface area contributed by atoms with Crippen molar-refractivity contribution in [3.8, 4) is 6.07 Å². The summed E-state index contributed by atoms with van der Waals surface area (Å²) in [7, 11) is 0. The van der Waals surface area contributed by atoms with Gasteiger partial charge in [-0.05, 0) is 37.1 Å². The Morgan fingerprint density at radius 2 is 1.77 bits per heavy atom. The molecule has 0 saturated carbocycles. The quantitative estimate of drug-likeness (QED) is 0.349. The summed E-state index contributed by atoms with van der Waals surface area (Å²) in [5.74, 6) is 0.642. The third-order valence-electron chi connectivity index (χ3n) is 3.84. The van der Waals surface area contributed by atoms with Crippen LogP contribution in [-0.2, 0) is 12.1 Å². The fraction of sp³-hybridized carbons (Fsp3) is 0.300. The summed E-state index contributed by atoms with van der Waals surface area (Å²) in [6.07, 6.45) is 0. The highest BCUT2D eigenvalue weighted by Gasteiger charge is 2.22. The number of halogens is 1. The zero-order valence-corrected chi connectivity index (χ0v) is 17.4. The summed E-state index contributed by atoms with van der Waals surface area (Å²) in [6, 6.07) is 19.0. The van der Waals surface area contributed by atoms with Crippen LogP contribution in [0.2, 0.25) is 0 Å². The van der Waals surface area contributed by atoms with Crippen molar-refractivity contribution in [2.24, 2.45) is 4.99 Å². The van der Waals surface area contributed by atoms with Gasteiger partial charge in [-0.2, -0.15) is 5.26 Å². The van der Waals surface area contributed by atoms with Gasteiger partial charge in [0.25, 0.3) is 0 Å². The summed E-state index contributed by atoms with van der Waals surface area (Å²) in [5, 5.41) is 25.9. The fourth-order valence-corrected chi connectivity index (χ4v) is 2.35. The molecule has 0 heterocycles. The maximum Gasteiger partial charge on any atom is 0.191 e. The van der Waals surface area contributed by atoms with E-state index < -0.39 is 5.60 Å². The molecule has 138 valence electrons. The van der Waals surface area contributed by atoms with Crippen LogP contribution in [0, 0.1) is 11.3 Å². The lowest BCUT2D eigenvalue weighted by Gasteiger charge is -2.25. The molecule has 0 aliphatic heterocycles. The highest BCUT2D eigenvalue weighted by molar-refractivity contribution is 14.0. The van der Waals surface area contributed by atoms with E-state index in [4.69, 9.17) is 5.26 Å².